The van der Waals surface area contributed by atoms with Gasteiger partial charge in [0.2, 0.25) is 11.2 Å². The first-order chi connectivity index (χ1) is 27.7. The Balaban J connectivity index is 0.000000160. The van der Waals surface area contributed by atoms with Crippen molar-refractivity contribution in [1.29, 1.82) is 0 Å². The number of rotatable bonds is 8. The van der Waals surface area contributed by atoms with Crippen molar-refractivity contribution in [3.63, 3.8) is 0 Å². The van der Waals surface area contributed by atoms with Crippen LogP contribution in [0.2, 0.25) is 15.3 Å². The van der Waals surface area contributed by atoms with Crippen LogP contribution in [0.25, 0.3) is 0 Å². The maximum atomic E-state index is 13.3. The fraction of sp³-hybridized carbons (Fsp3) is 0.200. The van der Waals surface area contributed by atoms with Crippen molar-refractivity contribution in [3.05, 3.63) is 136 Å². The van der Waals surface area contributed by atoms with E-state index in [4.69, 9.17) is 50.0 Å². The van der Waals surface area contributed by atoms with Crippen molar-refractivity contribution >= 4 is 86.5 Å². The molecule has 2 aliphatic rings. The SMILES string of the molecule is Fc1ccc(Nc2ccnc(Cl)n2)cc1Cl.Fc1ccc(Nc2ccnc(Nc3ccc(N4CCOCC4)cc3)n2)cc1Cl.Nc1ccc(N2CCOCC2)cc1. The number of hydrogen-bond donors (Lipinski definition) is 4. The molecular weight excluding hydrogens is 797 g/mol. The maximum absolute atomic E-state index is 13.3. The van der Waals surface area contributed by atoms with Crippen molar-refractivity contribution in [3.8, 4) is 0 Å². The second-order valence-electron chi connectivity index (χ2n) is 12.4. The molecule has 0 aliphatic carbocycles. The average Bonchev–Trinajstić information content (AvgIpc) is 3.23. The zero-order valence-electron chi connectivity index (χ0n) is 30.5. The number of anilines is 9. The van der Waals surface area contributed by atoms with Gasteiger partial charge in [-0.05, 0) is 109 Å². The largest absolute Gasteiger partial charge is 0.399 e. The second-order valence-corrected chi connectivity index (χ2v) is 13.6. The summed E-state index contributed by atoms with van der Waals surface area (Å²) in [4.78, 5) is 20.9. The molecule has 2 saturated heterocycles. The first kappa shape index (κ1) is 41.1. The Hall–Kier alpha value is -5.51. The Morgan fingerprint density at radius 1 is 0.544 bits per heavy atom. The number of nitrogens with zero attached hydrogens (tertiary/aromatic N) is 6. The average molecular weight is 836 g/mol. The Morgan fingerprint density at radius 2 is 1.00 bits per heavy atom. The minimum absolute atomic E-state index is 0.0464. The highest BCUT2D eigenvalue weighted by Gasteiger charge is 2.12. The van der Waals surface area contributed by atoms with Crippen LogP contribution in [0, 0.1) is 11.6 Å². The van der Waals surface area contributed by atoms with Crippen molar-refractivity contribution in [2.75, 3.05) is 84.1 Å². The molecular formula is C40H39Cl3F2N10O2. The third-order valence-corrected chi connectivity index (χ3v) is 9.20. The molecule has 0 saturated carbocycles. The molecule has 0 radical (unpaired) electrons. The summed E-state index contributed by atoms with van der Waals surface area (Å²) in [6, 6.07) is 28.2. The van der Waals surface area contributed by atoms with Gasteiger partial charge in [-0.1, -0.05) is 23.2 Å². The van der Waals surface area contributed by atoms with Gasteiger partial charge in [0.15, 0.2) is 0 Å². The molecule has 0 unspecified atom stereocenters. The van der Waals surface area contributed by atoms with Gasteiger partial charge in [-0.15, -0.1) is 0 Å². The van der Waals surface area contributed by atoms with Crippen LogP contribution in [0.15, 0.2) is 109 Å². The molecule has 4 heterocycles. The summed E-state index contributed by atoms with van der Waals surface area (Å²) in [6.45, 7) is 6.91. The summed E-state index contributed by atoms with van der Waals surface area (Å²) in [6.07, 6.45) is 3.16. The molecule has 6 aromatic rings. The minimum atomic E-state index is -0.465. The Labute approximate surface area is 343 Å². The van der Waals surface area contributed by atoms with Crippen LogP contribution in [0.5, 0.6) is 0 Å². The van der Waals surface area contributed by atoms with E-state index in [1.807, 2.05) is 24.3 Å². The zero-order chi connectivity index (χ0) is 40.0. The summed E-state index contributed by atoms with van der Waals surface area (Å²) in [5, 5.41) is 9.44. The number of ether oxygens (including phenoxy) is 2. The Bertz CT molecular complexity index is 2200. The van der Waals surface area contributed by atoms with E-state index >= 15 is 0 Å². The normalized spacial score (nSPS) is 13.7. The molecule has 12 nitrogen and oxygen atoms in total. The topological polar surface area (TPSA) is 139 Å². The molecule has 2 fully saturated rings. The highest BCUT2D eigenvalue weighted by atomic mass is 35.5. The van der Waals surface area contributed by atoms with Gasteiger partial charge in [0.05, 0.1) is 36.5 Å². The van der Waals surface area contributed by atoms with Gasteiger partial charge in [-0.25, -0.2) is 23.7 Å². The minimum Gasteiger partial charge on any atom is -0.399 e. The van der Waals surface area contributed by atoms with E-state index in [2.05, 4.69) is 70.0 Å². The predicted octanol–water partition coefficient (Wildman–Crippen LogP) is 9.36. The first-order valence-electron chi connectivity index (χ1n) is 17.8. The lowest BCUT2D eigenvalue weighted by Gasteiger charge is -2.28. The monoisotopic (exact) mass is 834 g/mol. The molecule has 2 aromatic heterocycles. The lowest BCUT2D eigenvalue weighted by molar-refractivity contribution is 0.122. The number of aromatic nitrogens is 4. The number of morpholine rings is 2. The van der Waals surface area contributed by atoms with E-state index < -0.39 is 11.6 Å². The molecule has 296 valence electrons. The fourth-order valence-electron chi connectivity index (χ4n) is 5.55. The molecule has 4 aromatic carbocycles. The van der Waals surface area contributed by atoms with Gasteiger partial charge in [-0.2, -0.15) is 4.98 Å². The summed E-state index contributed by atoms with van der Waals surface area (Å²) in [5.41, 5.74) is 11.0. The first-order valence-corrected chi connectivity index (χ1v) is 19.0. The lowest BCUT2D eigenvalue weighted by atomic mass is 10.2. The van der Waals surface area contributed by atoms with Gasteiger partial charge in [0.25, 0.3) is 0 Å². The van der Waals surface area contributed by atoms with Crippen LogP contribution in [-0.2, 0) is 9.47 Å². The van der Waals surface area contributed by atoms with Gasteiger partial charge >= 0.3 is 0 Å². The number of nitrogen functional groups attached to an aromatic ring is 1. The van der Waals surface area contributed by atoms with E-state index in [0.717, 1.165) is 64.0 Å². The second kappa shape index (κ2) is 20.6. The third kappa shape index (κ3) is 12.8. The van der Waals surface area contributed by atoms with E-state index in [9.17, 15) is 8.78 Å². The standard InChI is InChI=1S/C20H19ClFN5O.C10H6Cl2FN3.C10H14N2O/c21-17-13-15(3-6-18(17)22)24-19-7-8-23-20(26-19)25-14-1-4-16(5-2-14)27-9-11-28-12-10-27;11-7-5-6(1-2-8(7)13)15-9-3-4-14-10(12)16-9;11-9-1-3-10(4-2-9)12-5-7-13-8-6-12/h1-8,13H,9-12H2,(H2,23,24,25,26);1-5H,(H,14,15,16);1-4H,5-8,11H2. The van der Waals surface area contributed by atoms with E-state index in [0.29, 0.717) is 29.0 Å². The molecule has 0 atom stereocenters. The molecule has 17 heteroatoms. The van der Waals surface area contributed by atoms with E-state index in [1.54, 1.807) is 30.5 Å². The lowest BCUT2D eigenvalue weighted by Crippen LogP contribution is -2.36. The van der Waals surface area contributed by atoms with Crippen LogP contribution in [0.1, 0.15) is 0 Å². The van der Waals surface area contributed by atoms with Crippen molar-refractivity contribution in [2.24, 2.45) is 0 Å². The zero-order valence-corrected chi connectivity index (χ0v) is 32.8. The highest BCUT2D eigenvalue weighted by molar-refractivity contribution is 6.31. The number of nitrogens with one attached hydrogen (secondary N) is 3. The smallest absolute Gasteiger partial charge is 0.229 e. The van der Waals surface area contributed by atoms with E-state index in [-0.39, 0.29) is 15.3 Å². The summed E-state index contributed by atoms with van der Waals surface area (Å²) >= 11 is 17.1. The summed E-state index contributed by atoms with van der Waals surface area (Å²) in [5.74, 6) is 0.621. The summed E-state index contributed by atoms with van der Waals surface area (Å²) < 4.78 is 36.8. The molecule has 2 aliphatic heterocycles. The van der Waals surface area contributed by atoms with Crippen LogP contribution >= 0.6 is 34.8 Å². The number of benzene rings is 4. The summed E-state index contributed by atoms with van der Waals surface area (Å²) in [7, 11) is 0. The molecule has 5 N–H and O–H groups in total. The van der Waals surface area contributed by atoms with Gasteiger partial charge in [0, 0.05) is 72.7 Å². The maximum Gasteiger partial charge on any atom is 0.229 e. The molecule has 8 rings (SSSR count). The van der Waals surface area contributed by atoms with Crippen molar-refractivity contribution < 1.29 is 18.3 Å². The quantitative estimate of drug-likeness (QED) is 0.0859. The molecule has 0 spiro atoms. The number of nitrogens with two attached hydrogens (primary N) is 1. The van der Waals surface area contributed by atoms with Gasteiger partial charge in [-0.3, -0.25) is 0 Å². The van der Waals surface area contributed by atoms with Crippen LogP contribution in [0.4, 0.5) is 60.5 Å². The van der Waals surface area contributed by atoms with E-state index in [1.165, 1.54) is 41.8 Å². The van der Waals surface area contributed by atoms with Crippen LogP contribution < -0.4 is 31.5 Å². The van der Waals surface area contributed by atoms with Gasteiger partial charge in [0.1, 0.15) is 23.3 Å². The Kier molecular flexibility index (Phi) is 14.9. The number of hydrogen-bond acceptors (Lipinski definition) is 12. The van der Waals surface area contributed by atoms with Crippen LogP contribution in [-0.4, -0.2) is 72.5 Å². The molecule has 0 bridgehead atoms. The van der Waals surface area contributed by atoms with Crippen molar-refractivity contribution in [2.45, 2.75) is 0 Å². The Morgan fingerprint density at radius 3 is 1.49 bits per heavy atom. The highest BCUT2D eigenvalue weighted by Crippen LogP contribution is 2.25. The van der Waals surface area contributed by atoms with Crippen LogP contribution in [0.3, 0.4) is 0 Å². The molecule has 0 amide bonds. The predicted molar refractivity (Wildman–Crippen MR) is 225 cm³/mol. The fourth-order valence-corrected chi connectivity index (χ4v) is 6.06. The van der Waals surface area contributed by atoms with Crippen molar-refractivity contribution in [1.82, 2.24) is 19.9 Å². The number of halogens is 5. The van der Waals surface area contributed by atoms with Gasteiger partial charge < -0.3 is 41.0 Å². The third-order valence-electron chi connectivity index (χ3n) is 8.43. The molecule has 57 heavy (non-hydrogen) atoms.